The van der Waals surface area contributed by atoms with E-state index >= 15 is 0 Å². The van der Waals surface area contributed by atoms with Crippen LogP contribution in [0.1, 0.15) is 16.8 Å². The van der Waals surface area contributed by atoms with Crippen molar-refractivity contribution in [2.45, 2.75) is 6.42 Å². The number of fused-ring (bicyclic) bond motifs is 1. The van der Waals surface area contributed by atoms with Crippen molar-refractivity contribution in [2.75, 3.05) is 0 Å². The zero-order valence-corrected chi connectivity index (χ0v) is 14.6. The van der Waals surface area contributed by atoms with Gasteiger partial charge < -0.3 is 5.11 Å². The van der Waals surface area contributed by atoms with Crippen molar-refractivity contribution in [1.29, 1.82) is 0 Å². The summed E-state index contributed by atoms with van der Waals surface area (Å²) in [4.78, 5) is 15.9. The van der Waals surface area contributed by atoms with E-state index in [1.54, 1.807) is 6.20 Å². The normalized spacial score (nSPS) is 13.7. The first-order chi connectivity index (χ1) is 10.5. The van der Waals surface area contributed by atoms with Gasteiger partial charge in [-0.05, 0) is 69.4 Å². The zero-order valence-electron chi connectivity index (χ0n) is 11.4. The van der Waals surface area contributed by atoms with Crippen LogP contribution in [0.3, 0.4) is 0 Å². The SMILES string of the molecule is O=C(O)C1=C(/C=C/c2ccc(Br)cn2)Cc2cc(Br)ccc21. The number of halogens is 2. The number of carbonyl (C=O) groups is 1. The molecule has 1 aromatic carbocycles. The molecule has 0 saturated carbocycles. The number of nitrogens with zero attached hydrogens (tertiary/aromatic N) is 1. The van der Waals surface area contributed by atoms with E-state index in [1.165, 1.54) is 0 Å². The first-order valence-corrected chi connectivity index (χ1v) is 8.18. The lowest BCUT2D eigenvalue weighted by molar-refractivity contribution is -0.130. The summed E-state index contributed by atoms with van der Waals surface area (Å²) in [5, 5.41) is 9.51. The van der Waals surface area contributed by atoms with Crippen LogP contribution in [0.15, 0.2) is 57.1 Å². The van der Waals surface area contributed by atoms with Crippen molar-refractivity contribution in [3.05, 3.63) is 73.9 Å². The van der Waals surface area contributed by atoms with Crippen molar-refractivity contribution >= 4 is 49.5 Å². The first kappa shape index (κ1) is 15.2. The highest BCUT2D eigenvalue weighted by molar-refractivity contribution is 9.10. The van der Waals surface area contributed by atoms with Gasteiger partial charge in [-0.1, -0.05) is 28.1 Å². The van der Waals surface area contributed by atoms with E-state index in [9.17, 15) is 9.90 Å². The van der Waals surface area contributed by atoms with Crippen LogP contribution >= 0.6 is 31.9 Å². The number of hydrogen-bond acceptors (Lipinski definition) is 2. The van der Waals surface area contributed by atoms with E-state index in [-0.39, 0.29) is 0 Å². The number of rotatable bonds is 3. The Hall–Kier alpha value is -1.72. The van der Waals surface area contributed by atoms with Gasteiger partial charge in [0.1, 0.15) is 0 Å². The van der Waals surface area contributed by atoms with Gasteiger partial charge >= 0.3 is 5.97 Å². The van der Waals surface area contributed by atoms with Crippen molar-refractivity contribution < 1.29 is 9.90 Å². The lowest BCUT2D eigenvalue weighted by atomic mass is 10.1. The fourth-order valence-electron chi connectivity index (χ4n) is 2.49. The predicted octanol–water partition coefficient (Wildman–Crippen LogP) is 4.71. The standard InChI is InChI=1S/C17H11Br2NO2/c18-12-3-6-15-11(8-12)7-10(16(15)17(21)22)1-4-14-5-2-13(19)9-20-14/h1-6,8-9H,7H2,(H,21,22)/b4-1+. The van der Waals surface area contributed by atoms with E-state index in [4.69, 9.17) is 0 Å². The molecule has 0 atom stereocenters. The topological polar surface area (TPSA) is 50.2 Å². The molecule has 0 spiro atoms. The Bertz CT molecular complexity index is 808. The summed E-state index contributed by atoms with van der Waals surface area (Å²) < 4.78 is 1.86. The highest BCUT2D eigenvalue weighted by Gasteiger charge is 2.25. The van der Waals surface area contributed by atoms with Gasteiger partial charge in [0.25, 0.3) is 0 Å². The Balaban J connectivity index is 1.97. The summed E-state index contributed by atoms with van der Waals surface area (Å²) in [7, 11) is 0. The Kier molecular flexibility index (Phi) is 4.27. The van der Waals surface area contributed by atoms with Gasteiger partial charge in [0, 0.05) is 15.1 Å². The molecule has 5 heteroatoms. The number of aromatic nitrogens is 1. The van der Waals surface area contributed by atoms with E-state index in [0.717, 1.165) is 31.3 Å². The number of benzene rings is 1. The van der Waals surface area contributed by atoms with Crippen LogP contribution < -0.4 is 0 Å². The molecule has 22 heavy (non-hydrogen) atoms. The molecule has 0 fully saturated rings. The van der Waals surface area contributed by atoms with Crippen molar-refractivity contribution in [3.8, 4) is 0 Å². The van der Waals surface area contributed by atoms with E-state index < -0.39 is 5.97 Å². The first-order valence-electron chi connectivity index (χ1n) is 6.59. The van der Waals surface area contributed by atoms with Crippen LogP contribution in [0.2, 0.25) is 0 Å². The van der Waals surface area contributed by atoms with E-state index in [0.29, 0.717) is 12.0 Å². The van der Waals surface area contributed by atoms with Gasteiger partial charge in [-0.3, -0.25) is 4.98 Å². The number of aliphatic carboxylic acids is 1. The number of carboxylic acid groups (broad SMARTS) is 1. The molecule has 0 amide bonds. The maximum Gasteiger partial charge on any atom is 0.336 e. The average molecular weight is 421 g/mol. The predicted molar refractivity (Wildman–Crippen MR) is 93.4 cm³/mol. The minimum Gasteiger partial charge on any atom is -0.478 e. The summed E-state index contributed by atoms with van der Waals surface area (Å²) in [6.45, 7) is 0. The molecule has 110 valence electrons. The smallest absolute Gasteiger partial charge is 0.336 e. The average Bonchev–Trinajstić information content (AvgIpc) is 2.84. The van der Waals surface area contributed by atoms with Crippen molar-refractivity contribution in [1.82, 2.24) is 4.98 Å². The molecule has 1 aromatic heterocycles. The van der Waals surface area contributed by atoms with Crippen molar-refractivity contribution in [3.63, 3.8) is 0 Å². The largest absolute Gasteiger partial charge is 0.478 e. The maximum atomic E-state index is 11.6. The minimum absolute atomic E-state index is 0.371. The molecule has 0 aliphatic heterocycles. The van der Waals surface area contributed by atoms with Crippen LogP contribution in [-0.4, -0.2) is 16.1 Å². The Morgan fingerprint density at radius 1 is 1.14 bits per heavy atom. The number of pyridine rings is 1. The number of carboxylic acids is 1. The van der Waals surface area contributed by atoms with Gasteiger partial charge in [0.15, 0.2) is 0 Å². The molecule has 1 aliphatic carbocycles. The summed E-state index contributed by atoms with van der Waals surface area (Å²) in [6, 6.07) is 9.46. The maximum absolute atomic E-state index is 11.6. The molecule has 3 nitrogen and oxygen atoms in total. The highest BCUT2D eigenvalue weighted by atomic mass is 79.9. The van der Waals surface area contributed by atoms with Gasteiger partial charge in [-0.2, -0.15) is 0 Å². The second kappa shape index (κ2) is 6.18. The molecule has 2 aromatic rings. The molecule has 1 heterocycles. The van der Waals surface area contributed by atoms with Gasteiger partial charge in [0.2, 0.25) is 0 Å². The van der Waals surface area contributed by atoms with Gasteiger partial charge in [0.05, 0.1) is 11.3 Å². The van der Waals surface area contributed by atoms with Crippen LogP contribution in [0.25, 0.3) is 11.6 Å². The molecule has 1 aliphatic rings. The van der Waals surface area contributed by atoms with Gasteiger partial charge in [-0.25, -0.2) is 4.79 Å². The number of hydrogen-bond donors (Lipinski definition) is 1. The Morgan fingerprint density at radius 3 is 2.59 bits per heavy atom. The van der Waals surface area contributed by atoms with Crippen molar-refractivity contribution in [2.24, 2.45) is 0 Å². The molecule has 0 saturated heterocycles. The molecule has 3 rings (SSSR count). The Labute approximate surface area is 144 Å². The second-order valence-electron chi connectivity index (χ2n) is 4.92. The van der Waals surface area contributed by atoms with Crippen LogP contribution in [0.4, 0.5) is 0 Å². The molecular formula is C17H11Br2NO2. The summed E-state index contributed by atoms with van der Waals surface area (Å²) in [5.41, 5.74) is 3.77. The van der Waals surface area contributed by atoms with Gasteiger partial charge in [-0.15, -0.1) is 0 Å². The summed E-state index contributed by atoms with van der Waals surface area (Å²) in [5.74, 6) is -0.899. The van der Waals surface area contributed by atoms with Crippen LogP contribution in [0.5, 0.6) is 0 Å². The highest BCUT2D eigenvalue weighted by Crippen LogP contribution is 2.35. The lowest BCUT2D eigenvalue weighted by Crippen LogP contribution is -1.99. The minimum atomic E-state index is -0.899. The van der Waals surface area contributed by atoms with E-state index in [2.05, 4.69) is 36.8 Å². The fourth-order valence-corrected chi connectivity index (χ4v) is 3.13. The van der Waals surface area contributed by atoms with E-state index in [1.807, 2.05) is 42.5 Å². The Morgan fingerprint density at radius 2 is 1.91 bits per heavy atom. The molecule has 0 bridgehead atoms. The molecule has 0 unspecified atom stereocenters. The fraction of sp³-hybridized carbons (Fsp3) is 0.0588. The molecule has 0 radical (unpaired) electrons. The quantitative estimate of drug-likeness (QED) is 0.781. The zero-order chi connectivity index (χ0) is 15.7. The third-order valence-electron chi connectivity index (χ3n) is 3.46. The van der Waals surface area contributed by atoms with Crippen LogP contribution in [-0.2, 0) is 11.2 Å². The third kappa shape index (κ3) is 3.05. The molecular weight excluding hydrogens is 410 g/mol. The second-order valence-corrected chi connectivity index (χ2v) is 6.75. The monoisotopic (exact) mass is 419 g/mol. The summed E-state index contributed by atoms with van der Waals surface area (Å²) >= 11 is 6.77. The summed E-state index contributed by atoms with van der Waals surface area (Å²) in [6.07, 6.45) is 6.01. The van der Waals surface area contributed by atoms with Crippen LogP contribution in [0, 0.1) is 0 Å². The lowest BCUT2D eigenvalue weighted by Gasteiger charge is -2.01. The molecule has 1 N–H and O–H groups in total. The number of allylic oxidation sites excluding steroid dienone is 2. The third-order valence-corrected chi connectivity index (χ3v) is 4.42.